The smallest absolute Gasteiger partial charge is 0.0218 e. The van der Waals surface area contributed by atoms with E-state index in [0.29, 0.717) is 5.92 Å². The summed E-state index contributed by atoms with van der Waals surface area (Å²) in [5.74, 6) is 0.659. The van der Waals surface area contributed by atoms with Crippen LogP contribution in [0.1, 0.15) is 43.4 Å². The topological polar surface area (TPSA) is 0 Å². The van der Waals surface area contributed by atoms with Crippen molar-refractivity contribution in [2.24, 2.45) is 5.92 Å². The average Bonchev–Trinajstić information content (AvgIpc) is 2.29. The highest BCUT2D eigenvalue weighted by molar-refractivity contribution is 5.34. The highest BCUT2D eigenvalue weighted by Crippen LogP contribution is 2.23. The lowest BCUT2D eigenvalue weighted by atomic mass is 9.88. The maximum atomic E-state index is 2.44. The Labute approximate surface area is 99.4 Å². The molecule has 0 saturated heterocycles. The monoisotopic (exact) mass is 214 g/mol. The molecule has 0 spiro atoms. The van der Waals surface area contributed by atoms with Crippen LogP contribution >= 0.6 is 0 Å². The van der Waals surface area contributed by atoms with E-state index in [1.165, 1.54) is 37.7 Å². The van der Waals surface area contributed by atoms with E-state index in [1.54, 1.807) is 11.1 Å². The second kappa shape index (κ2) is 5.34. The normalized spacial score (nSPS) is 17.4. The Bertz CT molecular complexity index is 374. The average molecular weight is 214 g/mol. The molecular weight excluding hydrogens is 192 g/mol. The van der Waals surface area contributed by atoms with Crippen molar-refractivity contribution in [1.29, 1.82) is 0 Å². The van der Waals surface area contributed by atoms with Crippen molar-refractivity contribution in [2.45, 2.75) is 46.0 Å². The van der Waals surface area contributed by atoms with Crippen molar-refractivity contribution >= 4 is 0 Å². The molecule has 2 rings (SSSR count). The molecule has 1 aromatic rings. The number of allylic oxidation sites excluding steroid dienone is 2. The van der Waals surface area contributed by atoms with Gasteiger partial charge >= 0.3 is 0 Å². The van der Waals surface area contributed by atoms with Gasteiger partial charge in [-0.3, -0.25) is 0 Å². The van der Waals surface area contributed by atoms with Crippen molar-refractivity contribution in [3.05, 3.63) is 47.0 Å². The van der Waals surface area contributed by atoms with Crippen LogP contribution in [0.5, 0.6) is 0 Å². The van der Waals surface area contributed by atoms with Crippen molar-refractivity contribution in [2.75, 3.05) is 0 Å². The summed E-state index contributed by atoms with van der Waals surface area (Å²) in [5, 5.41) is 0. The summed E-state index contributed by atoms with van der Waals surface area (Å²) in [6.45, 7) is 4.39. The molecule has 1 unspecified atom stereocenters. The maximum absolute atomic E-state index is 2.44. The fraction of sp³-hybridized carbons (Fsp3) is 0.500. The maximum Gasteiger partial charge on any atom is -0.0218 e. The standard InChI is InChI=1S/C16H22/c1-3-6-13(2)11-14-9-10-15-7-4-5-8-16(15)12-14/h3,6,9-10,12-13H,4-5,7-8,11H2,1-2H3/b6-3-. The lowest BCUT2D eigenvalue weighted by molar-refractivity contribution is 0.678. The molecule has 0 nitrogen and oxygen atoms in total. The Morgan fingerprint density at radius 1 is 1.19 bits per heavy atom. The third kappa shape index (κ3) is 2.75. The van der Waals surface area contributed by atoms with Crippen molar-refractivity contribution in [3.63, 3.8) is 0 Å². The van der Waals surface area contributed by atoms with Crippen LogP contribution in [-0.4, -0.2) is 0 Å². The van der Waals surface area contributed by atoms with Gasteiger partial charge in [0.15, 0.2) is 0 Å². The molecule has 0 fully saturated rings. The lowest BCUT2D eigenvalue weighted by Crippen LogP contribution is -2.04. The highest BCUT2D eigenvalue weighted by atomic mass is 14.1. The summed E-state index contributed by atoms with van der Waals surface area (Å²) in [5.41, 5.74) is 4.70. The first kappa shape index (κ1) is 11.4. The summed E-state index contributed by atoms with van der Waals surface area (Å²) in [7, 11) is 0. The number of aryl methyl sites for hydroxylation is 2. The van der Waals surface area contributed by atoms with Gasteiger partial charge < -0.3 is 0 Å². The zero-order valence-corrected chi connectivity index (χ0v) is 10.5. The van der Waals surface area contributed by atoms with E-state index in [-0.39, 0.29) is 0 Å². The molecule has 1 aromatic carbocycles. The van der Waals surface area contributed by atoms with E-state index in [1.807, 2.05) is 0 Å². The van der Waals surface area contributed by atoms with Crippen LogP contribution in [0.15, 0.2) is 30.4 Å². The minimum atomic E-state index is 0.659. The summed E-state index contributed by atoms with van der Waals surface area (Å²) in [6, 6.07) is 7.12. The van der Waals surface area contributed by atoms with Crippen LogP contribution in [0.4, 0.5) is 0 Å². The third-order valence-electron chi connectivity index (χ3n) is 3.49. The minimum absolute atomic E-state index is 0.659. The Kier molecular flexibility index (Phi) is 3.82. The van der Waals surface area contributed by atoms with Crippen LogP contribution in [0, 0.1) is 5.92 Å². The van der Waals surface area contributed by atoms with E-state index in [4.69, 9.17) is 0 Å². The molecule has 86 valence electrons. The molecule has 1 aliphatic rings. The fourth-order valence-electron chi connectivity index (χ4n) is 2.68. The van der Waals surface area contributed by atoms with E-state index < -0.39 is 0 Å². The number of hydrogen-bond donors (Lipinski definition) is 0. The van der Waals surface area contributed by atoms with Crippen LogP contribution in [0.2, 0.25) is 0 Å². The van der Waals surface area contributed by atoms with Gasteiger partial charge in [-0.2, -0.15) is 0 Å². The zero-order chi connectivity index (χ0) is 11.4. The van der Waals surface area contributed by atoms with Gasteiger partial charge in [-0.1, -0.05) is 37.3 Å². The molecule has 1 aliphatic carbocycles. The first-order valence-electron chi connectivity index (χ1n) is 6.53. The lowest BCUT2D eigenvalue weighted by Gasteiger charge is -2.17. The molecule has 0 saturated carbocycles. The Hall–Kier alpha value is -1.04. The van der Waals surface area contributed by atoms with Crippen LogP contribution in [-0.2, 0) is 19.3 Å². The Morgan fingerprint density at radius 3 is 2.69 bits per heavy atom. The molecule has 0 radical (unpaired) electrons. The predicted molar refractivity (Wildman–Crippen MR) is 70.8 cm³/mol. The summed E-state index contributed by atoms with van der Waals surface area (Å²) in [4.78, 5) is 0. The van der Waals surface area contributed by atoms with Gasteiger partial charge in [0, 0.05) is 0 Å². The highest BCUT2D eigenvalue weighted by Gasteiger charge is 2.09. The van der Waals surface area contributed by atoms with Gasteiger partial charge in [-0.25, -0.2) is 0 Å². The molecular formula is C16H22. The van der Waals surface area contributed by atoms with E-state index >= 15 is 0 Å². The van der Waals surface area contributed by atoms with E-state index in [2.05, 4.69) is 44.2 Å². The van der Waals surface area contributed by atoms with Gasteiger partial charge in [0.25, 0.3) is 0 Å². The molecule has 0 bridgehead atoms. The van der Waals surface area contributed by atoms with Gasteiger partial charge in [0.1, 0.15) is 0 Å². The van der Waals surface area contributed by atoms with Gasteiger partial charge in [-0.15, -0.1) is 0 Å². The third-order valence-corrected chi connectivity index (χ3v) is 3.49. The molecule has 0 N–H and O–H groups in total. The molecule has 0 aliphatic heterocycles. The summed E-state index contributed by atoms with van der Waals surface area (Å²) < 4.78 is 0. The van der Waals surface area contributed by atoms with Gasteiger partial charge in [0.2, 0.25) is 0 Å². The molecule has 0 aromatic heterocycles. The fourth-order valence-corrected chi connectivity index (χ4v) is 2.68. The van der Waals surface area contributed by atoms with Crippen LogP contribution in [0.25, 0.3) is 0 Å². The second-order valence-electron chi connectivity index (χ2n) is 5.02. The predicted octanol–water partition coefficient (Wildman–Crippen LogP) is 4.32. The number of fused-ring (bicyclic) bond motifs is 1. The molecule has 1 atom stereocenters. The number of benzene rings is 1. The molecule has 0 amide bonds. The SMILES string of the molecule is C/C=C\C(C)Cc1ccc2c(c1)CCCC2. The van der Waals surface area contributed by atoms with Crippen molar-refractivity contribution in [1.82, 2.24) is 0 Å². The first-order valence-corrected chi connectivity index (χ1v) is 6.53. The summed E-state index contributed by atoms with van der Waals surface area (Å²) in [6.07, 6.45) is 11.0. The Morgan fingerprint density at radius 2 is 1.94 bits per heavy atom. The van der Waals surface area contributed by atoms with Crippen LogP contribution in [0.3, 0.4) is 0 Å². The van der Waals surface area contributed by atoms with E-state index in [9.17, 15) is 0 Å². The summed E-state index contributed by atoms with van der Waals surface area (Å²) >= 11 is 0. The largest absolute Gasteiger partial charge is 0.0914 e. The Balaban J connectivity index is 2.11. The van der Waals surface area contributed by atoms with Crippen molar-refractivity contribution in [3.8, 4) is 0 Å². The van der Waals surface area contributed by atoms with Gasteiger partial charge in [-0.05, 0) is 61.6 Å². The number of rotatable bonds is 3. The molecule has 16 heavy (non-hydrogen) atoms. The van der Waals surface area contributed by atoms with Crippen LogP contribution < -0.4 is 0 Å². The zero-order valence-electron chi connectivity index (χ0n) is 10.5. The minimum Gasteiger partial charge on any atom is -0.0914 e. The molecule has 0 heterocycles. The quantitative estimate of drug-likeness (QED) is 0.657. The van der Waals surface area contributed by atoms with Crippen molar-refractivity contribution < 1.29 is 0 Å². The first-order chi connectivity index (χ1) is 7.79. The van der Waals surface area contributed by atoms with E-state index in [0.717, 1.165) is 0 Å². The van der Waals surface area contributed by atoms with Gasteiger partial charge in [0.05, 0.1) is 0 Å². The molecule has 0 heteroatoms. The second-order valence-corrected chi connectivity index (χ2v) is 5.02. The number of hydrogen-bond acceptors (Lipinski definition) is 0.